The number of likely N-dealkylation sites (tertiary alicyclic amines) is 1. The van der Waals surface area contributed by atoms with Crippen molar-refractivity contribution >= 4 is 55.4 Å². The van der Waals surface area contributed by atoms with Gasteiger partial charge in [-0.2, -0.15) is 4.98 Å². The maximum Gasteiger partial charge on any atom is 0.293 e. The standard InChI is InChI=1S/C50H58N8O8S/c1-32-5-2-3-6-38(32)41-7-4-19-56(41)36-28-50(29-36)16-20-55(21-17-50)35-8-10-39(42(26-35)57-44-25-34-12-18-51-47(34)53-49(44)66-46-15-24-65-31-45(46)57)48(59)54-67(62,63)37-9-11-40(43(27-37)58(60)61)52-30-33-13-22-64-23-14-33/h2-3,5-6,8-12,18,25-27,33,36,41,45-46,52H,4,7,13-17,19-24,28-31H2,1H3,(H,51,53)(H,54,59)/t41-,45-,46+/m0/s1. The summed E-state index contributed by atoms with van der Waals surface area (Å²) in [6, 6.07) is 22.7. The van der Waals surface area contributed by atoms with Crippen molar-refractivity contribution < 1.29 is 32.3 Å². The van der Waals surface area contributed by atoms with Crippen molar-refractivity contribution in [1.29, 1.82) is 0 Å². The Kier molecular flexibility index (Phi) is 11.6. The summed E-state index contributed by atoms with van der Waals surface area (Å²) in [4.78, 5) is 41.1. The van der Waals surface area contributed by atoms with E-state index in [0.717, 1.165) is 62.5 Å². The molecule has 352 valence electrons. The molecule has 67 heavy (non-hydrogen) atoms. The molecule has 0 unspecified atom stereocenters. The molecule has 5 aromatic rings. The van der Waals surface area contributed by atoms with E-state index in [9.17, 15) is 23.3 Å². The molecule has 0 bridgehead atoms. The molecular formula is C50H58N8O8S. The highest BCUT2D eigenvalue weighted by molar-refractivity contribution is 7.90. The Hall–Kier alpha value is -5.75. The summed E-state index contributed by atoms with van der Waals surface area (Å²) in [6.07, 6.45) is 10.7. The SMILES string of the molecule is Cc1ccccc1[C@@H]1CCCN1C1CC2(CCN(c3ccc(C(=O)NS(=O)(=O)c4ccc(NCC5CCOCC5)c([N+](=O)[O-])c4)c(N4c5cc6cc[nH]c6nc5O[C@@H]5CCOC[C@@H]54)c3)CC2)C1. The predicted octanol–water partition coefficient (Wildman–Crippen LogP) is 8.01. The van der Waals surface area contributed by atoms with Gasteiger partial charge in [-0.05, 0) is 130 Å². The minimum atomic E-state index is -4.59. The number of pyridine rings is 1. The predicted molar refractivity (Wildman–Crippen MR) is 255 cm³/mol. The Labute approximate surface area is 390 Å². The van der Waals surface area contributed by atoms with Gasteiger partial charge in [0.15, 0.2) is 0 Å². The van der Waals surface area contributed by atoms with E-state index in [1.54, 1.807) is 6.07 Å². The molecule has 16 nitrogen and oxygen atoms in total. The lowest BCUT2D eigenvalue weighted by atomic mass is 9.59. The number of anilines is 4. The third kappa shape index (κ3) is 8.37. The Bertz CT molecular complexity index is 2800. The lowest BCUT2D eigenvalue weighted by Crippen LogP contribution is -2.55. The van der Waals surface area contributed by atoms with Crippen molar-refractivity contribution in [2.45, 2.75) is 93.8 Å². The zero-order chi connectivity index (χ0) is 45.9. The van der Waals surface area contributed by atoms with E-state index in [0.29, 0.717) is 79.8 Å². The third-order valence-electron chi connectivity index (χ3n) is 15.5. The third-order valence-corrected chi connectivity index (χ3v) is 16.9. The van der Waals surface area contributed by atoms with Crippen LogP contribution in [0.15, 0.2) is 83.9 Å². The topological polar surface area (TPSA) is 184 Å². The van der Waals surface area contributed by atoms with Gasteiger partial charge in [0.1, 0.15) is 23.1 Å². The van der Waals surface area contributed by atoms with Gasteiger partial charge in [0, 0.05) is 74.7 Å². The molecule has 1 amide bonds. The smallest absolute Gasteiger partial charge is 0.293 e. The number of amides is 1. The number of aromatic amines is 1. The maximum atomic E-state index is 14.6. The zero-order valence-electron chi connectivity index (χ0n) is 37.8. The lowest BCUT2D eigenvalue weighted by Gasteiger charge is -2.56. The van der Waals surface area contributed by atoms with Gasteiger partial charge in [0.05, 0.1) is 40.3 Å². The van der Waals surface area contributed by atoms with E-state index in [1.807, 2.05) is 35.4 Å². The van der Waals surface area contributed by atoms with Crippen molar-refractivity contribution in [3.05, 3.63) is 106 Å². The number of sulfonamides is 1. The van der Waals surface area contributed by atoms with Gasteiger partial charge in [0.25, 0.3) is 21.6 Å². The van der Waals surface area contributed by atoms with Crippen LogP contribution >= 0.6 is 0 Å². The first-order valence-corrected chi connectivity index (χ1v) is 25.4. The number of piperidine rings is 1. The highest BCUT2D eigenvalue weighted by Crippen LogP contribution is 2.54. The number of rotatable bonds is 11. The molecule has 4 saturated heterocycles. The minimum Gasteiger partial charge on any atom is -0.470 e. The number of H-pyrrole nitrogens is 1. The molecule has 5 fully saturated rings. The number of carbonyl (C=O) groups excluding carboxylic acids is 1. The molecule has 1 saturated carbocycles. The highest BCUT2D eigenvalue weighted by atomic mass is 32.2. The number of ether oxygens (including phenoxy) is 3. The first kappa shape index (κ1) is 43.8. The summed E-state index contributed by atoms with van der Waals surface area (Å²) in [5.41, 5.74) is 5.79. The van der Waals surface area contributed by atoms with Crippen LogP contribution in [0.1, 0.15) is 85.3 Å². The molecular weight excluding hydrogens is 873 g/mol. The van der Waals surface area contributed by atoms with Gasteiger partial charge in [-0.25, -0.2) is 13.1 Å². The van der Waals surface area contributed by atoms with Crippen LogP contribution in [0.3, 0.4) is 0 Å². The fourth-order valence-corrected chi connectivity index (χ4v) is 12.8. The van der Waals surface area contributed by atoms with Crippen LogP contribution < -0.4 is 24.6 Å². The van der Waals surface area contributed by atoms with Crippen molar-refractivity contribution in [2.75, 3.05) is 67.7 Å². The zero-order valence-corrected chi connectivity index (χ0v) is 38.6. The number of hydrogen-bond donors (Lipinski definition) is 3. The lowest BCUT2D eigenvalue weighted by molar-refractivity contribution is -0.384. The number of carbonyl (C=O) groups is 1. The number of aryl methyl sites for hydroxylation is 1. The maximum absolute atomic E-state index is 14.6. The number of nitrogens with one attached hydrogen (secondary N) is 3. The molecule has 3 aromatic carbocycles. The van der Waals surface area contributed by atoms with Gasteiger partial charge < -0.3 is 34.3 Å². The van der Waals surface area contributed by atoms with E-state index >= 15 is 0 Å². The Morgan fingerprint density at radius 1 is 0.940 bits per heavy atom. The van der Waals surface area contributed by atoms with Crippen molar-refractivity contribution in [3.8, 4) is 5.88 Å². The Balaban J connectivity index is 0.879. The molecule has 7 heterocycles. The summed E-state index contributed by atoms with van der Waals surface area (Å²) in [5.74, 6) is -0.190. The molecule has 1 aliphatic carbocycles. The number of fused-ring (bicyclic) bond motifs is 3. The van der Waals surface area contributed by atoms with E-state index < -0.39 is 31.4 Å². The number of nitro benzene ring substituents is 1. The van der Waals surface area contributed by atoms with Gasteiger partial charge in [-0.1, -0.05) is 24.3 Å². The molecule has 3 N–H and O–H groups in total. The van der Waals surface area contributed by atoms with Crippen molar-refractivity contribution in [3.63, 3.8) is 0 Å². The quantitative estimate of drug-likeness (QED) is 0.0856. The van der Waals surface area contributed by atoms with Crippen molar-refractivity contribution in [2.24, 2.45) is 11.3 Å². The number of nitrogens with zero attached hydrogens (tertiary/aromatic N) is 5. The molecule has 17 heteroatoms. The highest BCUT2D eigenvalue weighted by Gasteiger charge is 2.50. The van der Waals surface area contributed by atoms with E-state index in [-0.39, 0.29) is 29.3 Å². The second kappa shape index (κ2) is 17.7. The number of nitro groups is 1. The number of aromatic nitrogens is 2. The summed E-state index contributed by atoms with van der Waals surface area (Å²) < 4.78 is 48.5. The average Bonchev–Trinajstić information content (AvgIpc) is 4.01. The van der Waals surface area contributed by atoms with Crippen LogP contribution in [0, 0.1) is 28.4 Å². The van der Waals surface area contributed by atoms with Crippen LogP contribution in [-0.4, -0.2) is 105 Å². The Morgan fingerprint density at radius 3 is 2.55 bits per heavy atom. The van der Waals surface area contributed by atoms with Crippen LogP contribution in [0.5, 0.6) is 5.88 Å². The Morgan fingerprint density at radius 2 is 1.75 bits per heavy atom. The summed E-state index contributed by atoms with van der Waals surface area (Å²) in [5, 5.41) is 16.3. The fourth-order valence-electron chi connectivity index (χ4n) is 11.8. The molecule has 11 rings (SSSR count). The average molecular weight is 931 g/mol. The molecule has 1 spiro atoms. The van der Waals surface area contributed by atoms with Gasteiger partial charge in [-0.3, -0.25) is 19.8 Å². The van der Waals surface area contributed by atoms with E-state index in [2.05, 4.69) is 56.0 Å². The van der Waals surface area contributed by atoms with Crippen molar-refractivity contribution in [1.82, 2.24) is 19.6 Å². The first-order chi connectivity index (χ1) is 32.5. The number of hydrogen-bond acceptors (Lipinski definition) is 13. The monoisotopic (exact) mass is 930 g/mol. The van der Waals surface area contributed by atoms with Gasteiger partial charge in [0.2, 0.25) is 5.88 Å². The second-order valence-corrected chi connectivity index (χ2v) is 21.2. The fraction of sp³-hybridized carbons (Fsp3) is 0.480. The first-order valence-electron chi connectivity index (χ1n) is 23.9. The van der Waals surface area contributed by atoms with Crippen LogP contribution in [0.4, 0.5) is 28.4 Å². The molecule has 3 atom stereocenters. The second-order valence-electron chi connectivity index (χ2n) is 19.5. The molecule has 0 radical (unpaired) electrons. The normalized spacial score (nSPS) is 23.3. The van der Waals surface area contributed by atoms with Gasteiger partial charge >= 0.3 is 0 Å². The largest absolute Gasteiger partial charge is 0.470 e. The summed E-state index contributed by atoms with van der Waals surface area (Å²) in [7, 11) is -4.59. The van der Waals surface area contributed by atoms with Crippen LogP contribution in [0.25, 0.3) is 11.0 Å². The van der Waals surface area contributed by atoms with E-state index in [4.69, 9.17) is 19.2 Å². The summed E-state index contributed by atoms with van der Waals surface area (Å²) >= 11 is 0. The molecule has 2 aromatic heterocycles. The molecule has 5 aliphatic heterocycles. The van der Waals surface area contributed by atoms with Crippen LogP contribution in [-0.2, 0) is 19.5 Å². The molecule has 6 aliphatic rings. The minimum absolute atomic E-state index is 0.118. The van der Waals surface area contributed by atoms with Crippen LogP contribution in [0.2, 0.25) is 0 Å². The van der Waals surface area contributed by atoms with Gasteiger partial charge in [-0.15, -0.1) is 0 Å². The number of benzene rings is 3. The van der Waals surface area contributed by atoms with E-state index in [1.165, 1.54) is 48.9 Å². The summed E-state index contributed by atoms with van der Waals surface area (Å²) in [6.45, 7) is 7.65.